The van der Waals surface area contributed by atoms with Crippen LogP contribution in [-0.4, -0.2) is 34.3 Å². The zero-order valence-electron chi connectivity index (χ0n) is 15.6. The predicted octanol–water partition coefficient (Wildman–Crippen LogP) is 3.65. The molecule has 0 saturated carbocycles. The Morgan fingerprint density at radius 2 is 1.92 bits per heavy atom. The highest BCUT2D eigenvalue weighted by Gasteiger charge is 2.36. The Labute approximate surface area is 153 Å². The average Bonchev–Trinajstić information content (AvgIpc) is 2.95. The molecule has 3 aromatic rings. The first-order valence-corrected chi connectivity index (χ1v) is 8.88. The first kappa shape index (κ1) is 16.6. The SMILES string of the molecule is Cc1nc2c3c(ccn2c1C)C(C(=O)N(C)C)C[C@@H](c1ccccc1)O3. The maximum absolute atomic E-state index is 12.9. The van der Waals surface area contributed by atoms with Gasteiger partial charge < -0.3 is 14.0 Å². The van der Waals surface area contributed by atoms with Gasteiger partial charge in [0.25, 0.3) is 0 Å². The molecule has 0 spiro atoms. The minimum absolute atomic E-state index is 0.0971. The Morgan fingerprint density at radius 3 is 2.62 bits per heavy atom. The Balaban J connectivity index is 1.90. The van der Waals surface area contributed by atoms with Gasteiger partial charge in [-0.05, 0) is 25.5 Å². The third kappa shape index (κ3) is 2.55. The second kappa shape index (κ2) is 6.16. The highest BCUT2D eigenvalue weighted by molar-refractivity contribution is 5.85. The number of amides is 1. The molecule has 4 rings (SSSR count). The number of fused-ring (bicyclic) bond motifs is 3. The number of aryl methyl sites for hydroxylation is 2. The van der Waals surface area contributed by atoms with Crippen LogP contribution in [0.1, 0.15) is 41.0 Å². The van der Waals surface area contributed by atoms with Gasteiger partial charge in [0.05, 0.1) is 11.6 Å². The largest absolute Gasteiger partial charge is 0.481 e. The van der Waals surface area contributed by atoms with Gasteiger partial charge >= 0.3 is 0 Å². The van der Waals surface area contributed by atoms with Crippen LogP contribution >= 0.6 is 0 Å². The summed E-state index contributed by atoms with van der Waals surface area (Å²) in [7, 11) is 3.61. The zero-order valence-corrected chi connectivity index (χ0v) is 15.6. The standard InChI is InChI=1S/C21H23N3O2/c1-13-14(2)24-11-10-16-17(21(25)23(3)4)12-18(15-8-6-5-7-9-15)26-19(16)20(24)22-13/h5-11,17-18H,12H2,1-4H3/t17?,18-/m0/s1. The molecule has 134 valence electrons. The van der Waals surface area contributed by atoms with Gasteiger partial charge in [0.1, 0.15) is 6.10 Å². The number of carbonyl (C=O) groups excluding carboxylic acids is 1. The van der Waals surface area contributed by atoms with Gasteiger partial charge in [0, 0.05) is 38.0 Å². The lowest BCUT2D eigenvalue weighted by molar-refractivity contribution is -0.131. The van der Waals surface area contributed by atoms with Crippen LogP contribution in [0.2, 0.25) is 0 Å². The monoisotopic (exact) mass is 349 g/mol. The van der Waals surface area contributed by atoms with Crippen LogP contribution in [0.4, 0.5) is 0 Å². The van der Waals surface area contributed by atoms with Crippen molar-refractivity contribution in [1.82, 2.24) is 14.3 Å². The molecule has 0 radical (unpaired) electrons. The number of rotatable bonds is 2. The summed E-state index contributed by atoms with van der Waals surface area (Å²) in [6, 6.07) is 12.1. The van der Waals surface area contributed by atoms with Crippen molar-refractivity contribution in [3.63, 3.8) is 0 Å². The third-order valence-corrected chi connectivity index (χ3v) is 5.25. The van der Waals surface area contributed by atoms with Crippen LogP contribution in [0.5, 0.6) is 5.75 Å². The highest BCUT2D eigenvalue weighted by Crippen LogP contribution is 2.44. The van der Waals surface area contributed by atoms with E-state index in [1.165, 1.54) is 0 Å². The number of imidazole rings is 1. The molecule has 0 saturated heterocycles. The summed E-state index contributed by atoms with van der Waals surface area (Å²) in [6.45, 7) is 4.04. The highest BCUT2D eigenvalue weighted by atomic mass is 16.5. The van der Waals surface area contributed by atoms with Crippen LogP contribution in [0.3, 0.4) is 0 Å². The molecular weight excluding hydrogens is 326 g/mol. The first-order valence-electron chi connectivity index (χ1n) is 8.88. The lowest BCUT2D eigenvalue weighted by atomic mass is 9.87. The number of hydrogen-bond donors (Lipinski definition) is 0. The van der Waals surface area contributed by atoms with E-state index >= 15 is 0 Å². The molecule has 2 atom stereocenters. The van der Waals surface area contributed by atoms with Gasteiger partial charge in [-0.2, -0.15) is 0 Å². The topological polar surface area (TPSA) is 46.8 Å². The Kier molecular flexibility index (Phi) is 3.94. The normalized spacial score (nSPS) is 19.1. The van der Waals surface area contributed by atoms with E-state index in [2.05, 4.69) is 12.1 Å². The number of aromatic nitrogens is 2. The van der Waals surface area contributed by atoms with Crippen molar-refractivity contribution < 1.29 is 9.53 Å². The molecule has 2 aromatic heterocycles. The van der Waals surface area contributed by atoms with Crippen molar-refractivity contribution in [2.45, 2.75) is 32.3 Å². The molecule has 1 unspecified atom stereocenters. The number of likely N-dealkylation sites (N-methyl/N-ethyl adjacent to an activating group) is 1. The number of nitrogens with zero attached hydrogens (tertiary/aromatic N) is 3. The maximum atomic E-state index is 12.9. The third-order valence-electron chi connectivity index (χ3n) is 5.25. The minimum atomic E-state index is -0.235. The molecule has 26 heavy (non-hydrogen) atoms. The van der Waals surface area contributed by atoms with Gasteiger partial charge in [-0.1, -0.05) is 30.3 Å². The Morgan fingerprint density at radius 1 is 1.19 bits per heavy atom. The summed E-state index contributed by atoms with van der Waals surface area (Å²) in [5.74, 6) is 0.588. The fourth-order valence-electron chi connectivity index (χ4n) is 3.67. The van der Waals surface area contributed by atoms with E-state index in [0.717, 1.165) is 33.9 Å². The van der Waals surface area contributed by atoms with E-state index in [4.69, 9.17) is 9.72 Å². The number of pyridine rings is 1. The fourth-order valence-corrected chi connectivity index (χ4v) is 3.67. The van der Waals surface area contributed by atoms with Gasteiger partial charge in [-0.15, -0.1) is 0 Å². The second-order valence-electron chi connectivity index (χ2n) is 7.11. The van der Waals surface area contributed by atoms with Crippen molar-refractivity contribution in [1.29, 1.82) is 0 Å². The summed E-state index contributed by atoms with van der Waals surface area (Å²) in [6.07, 6.45) is 2.45. The molecule has 1 aliphatic heterocycles. The van der Waals surface area contributed by atoms with E-state index in [-0.39, 0.29) is 17.9 Å². The lowest BCUT2D eigenvalue weighted by Crippen LogP contribution is -2.33. The fraction of sp³-hybridized carbons (Fsp3) is 0.333. The Hall–Kier alpha value is -2.82. The molecule has 3 heterocycles. The average molecular weight is 349 g/mol. The number of carbonyl (C=O) groups is 1. The van der Waals surface area contributed by atoms with Crippen LogP contribution in [-0.2, 0) is 4.79 Å². The van der Waals surface area contributed by atoms with Crippen molar-refractivity contribution in [3.05, 3.63) is 65.1 Å². The lowest BCUT2D eigenvalue weighted by Gasteiger charge is -2.33. The quantitative estimate of drug-likeness (QED) is 0.709. The van der Waals surface area contributed by atoms with Crippen molar-refractivity contribution in [2.24, 2.45) is 0 Å². The molecule has 0 N–H and O–H groups in total. The van der Waals surface area contributed by atoms with Crippen LogP contribution in [0, 0.1) is 13.8 Å². The molecule has 0 fully saturated rings. The second-order valence-corrected chi connectivity index (χ2v) is 7.11. The van der Waals surface area contributed by atoms with E-state index in [9.17, 15) is 4.79 Å². The van der Waals surface area contributed by atoms with Gasteiger partial charge in [0.15, 0.2) is 11.4 Å². The Bertz CT molecular complexity index is 976. The van der Waals surface area contributed by atoms with E-state index < -0.39 is 0 Å². The summed E-state index contributed by atoms with van der Waals surface area (Å²) in [4.78, 5) is 19.3. The summed E-state index contributed by atoms with van der Waals surface area (Å²) >= 11 is 0. The van der Waals surface area contributed by atoms with Crippen molar-refractivity contribution in [2.75, 3.05) is 14.1 Å². The molecule has 1 amide bonds. The molecule has 1 aromatic carbocycles. The molecule has 5 nitrogen and oxygen atoms in total. The van der Waals surface area contributed by atoms with Crippen molar-refractivity contribution in [3.8, 4) is 5.75 Å². The van der Waals surface area contributed by atoms with Crippen LogP contribution in [0.25, 0.3) is 5.65 Å². The van der Waals surface area contributed by atoms with Gasteiger partial charge in [0.2, 0.25) is 5.91 Å². The van der Waals surface area contributed by atoms with Crippen LogP contribution < -0.4 is 4.74 Å². The van der Waals surface area contributed by atoms with Crippen LogP contribution in [0.15, 0.2) is 42.6 Å². The van der Waals surface area contributed by atoms with E-state index in [0.29, 0.717) is 6.42 Å². The number of hydrogen-bond acceptors (Lipinski definition) is 3. The molecular formula is C21H23N3O2. The van der Waals surface area contributed by atoms with Gasteiger partial charge in [-0.3, -0.25) is 4.79 Å². The maximum Gasteiger partial charge on any atom is 0.229 e. The summed E-state index contributed by atoms with van der Waals surface area (Å²) in [5.41, 5.74) is 4.85. The molecule has 5 heteroatoms. The summed E-state index contributed by atoms with van der Waals surface area (Å²) < 4.78 is 8.45. The molecule has 1 aliphatic rings. The molecule has 0 aliphatic carbocycles. The predicted molar refractivity (Wildman–Crippen MR) is 101 cm³/mol. The van der Waals surface area contributed by atoms with Crippen molar-refractivity contribution >= 4 is 11.6 Å². The smallest absolute Gasteiger partial charge is 0.229 e. The molecule has 0 bridgehead atoms. The van der Waals surface area contributed by atoms with E-state index in [1.54, 1.807) is 19.0 Å². The zero-order chi connectivity index (χ0) is 18.4. The van der Waals surface area contributed by atoms with E-state index in [1.807, 2.05) is 48.7 Å². The number of ether oxygens (including phenoxy) is 1. The minimum Gasteiger partial charge on any atom is -0.481 e. The number of benzene rings is 1. The first-order chi connectivity index (χ1) is 12.5. The van der Waals surface area contributed by atoms with Gasteiger partial charge in [-0.25, -0.2) is 4.98 Å². The summed E-state index contributed by atoms with van der Waals surface area (Å²) in [5, 5.41) is 0.